The standard InChI is InChI=1S/C15H14FNO4/c1-10(11-3-5-12(16)6-4-11)21-15-8-7-13(20-2)9-14(15)17(18)19/h3-10H,1-2H3/t10-/m1/s1. The Morgan fingerprint density at radius 3 is 2.43 bits per heavy atom. The molecule has 0 radical (unpaired) electrons. The third kappa shape index (κ3) is 3.47. The molecule has 0 heterocycles. The van der Waals surface area contributed by atoms with E-state index in [0.29, 0.717) is 5.75 Å². The van der Waals surface area contributed by atoms with Crippen LogP contribution in [0.2, 0.25) is 0 Å². The van der Waals surface area contributed by atoms with E-state index in [9.17, 15) is 14.5 Å². The Balaban J connectivity index is 2.26. The van der Waals surface area contributed by atoms with Gasteiger partial charge in [0, 0.05) is 0 Å². The van der Waals surface area contributed by atoms with Gasteiger partial charge in [-0.05, 0) is 36.8 Å². The smallest absolute Gasteiger partial charge is 0.314 e. The molecule has 2 aromatic carbocycles. The number of rotatable bonds is 5. The van der Waals surface area contributed by atoms with E-state index in [1.165, 1.54) is 31.4 Å². The van der Waals surface area contributed by atoms with Crippen molar-refractivity contribution in [2.75, 3.05) is 7.11 Å². The van der Waals surface area contributed by atoms with E-state index in [4.69, 9.17) is 9.47 Å². The molecule has 0 unspecified atom stereocenters. The number of nitrogens with zero attached hydrogens (tertiary/aromatic N) is 1. The van der Waals surface area contributed by atoms with Crippen LogP contribution in [0.3, 0.4) is 0 Å². The van der Waals surface area contributed by atoms with E-state index in [1.54, 1.807) is 25.1 Å². The monoisotopic (exact) mass is 291 g/mol. The van der Waals surface area contributed by atoms with E-state index < -0.39 is 11.0 Å². The fourth-order valence-corrected chi connectivity index (χ4v) is 1.86. The summed E-state index contributed by atoms with van der Waals surface area (Å²) in [6.45, 7) is 1.74. The Morgan fingerprint density at radius 2 is 1.86 bits per heavy atom. The highest BCUT2D eigenvalue weighted by Crippen LogP contribution is 2.34. The lowest BCUT2D eigenvalue weighted by Crippen LogP contribution is -2.05. The van der Waals surface area contributed by atoms with Crippen LogP contribution in [0.15, 0.2) is 42.5 Å². The Labute approximate surface area is 121 Å². The molecule has 0 fully saturated rings. The third-order valence-electron chi connectivity index (χ3n) is 3.01. The topological polar surface area (TPSA) is 61.6 Å². The van der Waals surface area contributed by atoms with Crippen molar-refractivity contribution in [3.63, 3.8) is 0 Å². The first-order valence-electron chi connectivity index (χ1n) is 6.26. The summed E-state index contributed by atoms with van der Waals surface area (Å²) in [6, 6.07) is 10.2. The number of ether oxygens (including phenoxy) is 2. The molecule has 0 aliphatic rings. The molecule has 0 saturated carbocycles. The summed E-state index contributed by atoms with van der Waals surface area (Å²) >= 11 is 0. The molecule has 0 aliphatic carbocycles. The van der Waals surface area contributed by atoms with Gasteiger partial charge >= 0.3 is 5.69 Å². The molecule has 0 aromatic heterocycles. The van der Waals surface area contributed by atoms with Crippen molar-refractivity contribution in [1.29, 1.82) is 0 Å². The minimum Gasteiger partial charge on any atom is -0.496 e. The van der Waals surface area contributed by atoms with Crippen LogP contribution in [0.25, 0.3) is 0 Å². The first kappa shape index (κ1) is 14.8. The van der Waals surface area contributed by atoms with E-state index in [0.717, 1.165) is 5.56 Å². The highest BCUT2D eigenvalue weighted by molar-refractivity contribution is 5.51. The maximum atomic E-state index is 12.9. The summed E-state index contributed by atoms with van der Waals surface area (Å²) in [4.78, 5) is 10.5. The van der Waals surface area contributed by atoms with Crippen molar-refractivity contribution in [2.45, 2.75) is 13.0 Å². The maximum absolute atomic E-state index is 12.9. The number of halogens is 1. The average molecular weight is 291 g/mol. The molecule has 110 valence electrons. The summed E-state index contributed by atoms with van der Waals surface area (Å²) < 4.78 is 23.5. The molecule has 1 atom stereocenters. The minimum absolute atomic E-state index is 0.137. The quantitative estimate of drug-likeness (QED) is 0.619. The zero-order chi connectivity index (χ0) is 15.4. The molecule has 0 aliphatic heterocycles. The molecule has 0 amide bonds. The van der Waals surface area contributed by atoms with Crippen LogP contribution in [0.1, 0.15) is 18.6 Å². The molecule has 5 nitrogen and oxygen atoms in total. The first-order valence-corrected chi connectivity index (χ1v) is 6.26. The first-order chi connectivity index (χ1) is 10.0. The molecule has 2 aromatic rings. The van der Waals surface area contributed by atoms with Gasteiger partial charge in [-0.2, -0.15) is 0 Å². The van der Waals surface area contributed by atoms with Crippen LogP contribution < -0.4 is 9.47 Å². The Hall–Kier alpha value is -2.63. The second-order valence-corrected chi connectivity index (χ2v) is 4.40. The van der Waals surface area contributed by atoms with Gasteiger partial charge in [0.25, 0.3) is 0 Å². The Bertz CT molecular complexity index is 643. The SMILES string of the molecule is COc1ccc(O[C@H](C)c2ccc(F)cc2)c([N+](=O)[O-])c1. The third-order valence-corrected chi connectivity index (χ3v) is 3.01. The fraction of sp³-hybridized carbons (Fsp3) is 0.200. The van der Waals surface area contributed by atoms with Crippen molar-refractivity contribution in [1.82, 2.24) is 0 Å². The summed E-state index contributed by atoms with van der Waals surface area (Å²) in [5.74, 6) is 0.169. The highest BCUT2D eigenvalue weighted by atomic mass is 19.1. The lowest BCUT2D eigenvalue weighted by Gasteiger charge is -2.15. The van der Waals surface area contributed by atoms with Gasteiger partial charge in [0.15, 0.2) is 5.75 Å². The molecule has 6 heteroatoms. The predicted molar refractivity (Wildman–Crippen MR) is 75.1 cm³/mol. The van der Waals surface area contributed by atoms with Gasteiger partial charge in [0.05, 0.1) is 18.1 Å². The van der Waals surface area contributed by atoms with Gasteiger partial charge < -0.3 is 9.47 Å². The van der Waals surface area contributed by atoms with Gasteiger partial charge in [-0.25, -0.2) is 4.39 Å². The van der Waals surface area contributed by atoms with Gasteiger partial charge in [-0.15, -0.1) is 0 Å². The van der Waals surface area contributed by atoms with Crippen molar-refractivity contribution in [3.05, 3.63) is 64.0 Å². The van der Waals surface area contributed by atoms with E-state index in [1.807, 2.05) is 0 Å². The van der Waals surface area contributed by atoms with Crippen molar-refractivity contribution in [3.8, 4) is 11.5 Å². The highest BCUT2D eigenvalue weighted by Gasteiger charge is 2.19. The number of nitro benzene ring substituents is 1. The summed E-state index contributed by atoms with van der Waals surface area (Å²) in [6.07, 6.45) is -0.447. The van der Waals surface area contributed by atoms with Crippen LogP contribution in [0.4, 0.5) is 10.1 Å². The number of nitro groups is 1. The van der Waals surface area contributed by atoms with E-state index >= 15 is 0 Å². The number of hydrogen-bond acceptors (Lipinski definition) is 4. The molecule has 0 spiro atoms. The van der Waals surface area contributed by atoms with E-state index in [-0.39, 0.29) is 17.3 Å². The van der Waals surface area contributed by atoms with Crippen LogP contribution in [0.5, 0.6) is 11.5 Å². The van der Waals surface area contributed by atoms with Crippen LogP contribution in [-0.4, -0.2) is 12.0 Å². The van der Waals surface area contributed by atoms with Crippen molar-refractivity contribution in [2.24, 2.45) is 0 Å². The van der Waals surface area contributed by atoms with Crippen LogP contribution in [0, 0.1) is 15.9 Å². The maximum Gasteiger partial charge on any atom is 0.314 e. The Morgan fingerprint density at radius 1 is 1.19 bits per heavy atom. The molecule has 0 N–H and O–H groups in total. The molecular formula is C15H14FNO4. The molecule has 0 bridgehead atoms. The second-order valence-electron chi connectivity index (χ2n) is 4.40. The van der Waals surface area contributed by atoms with Gasteiger partial charge in [-0.1, -0.05) is 12.1 Å². The number of hydrogen-bond donors (Lipinski definition) is 0. The molecule has 0 saturated heterocycles. The molecular weight excluding hydrogens is 277 g/mol. The van der Waals surface area contributed by atoms with Gasteiger partial charge in [-0.3, -0.25) is 10.1 Å². The average Bonchev–Trinajstić information content (AvgIpc) is 2.48. The largest absolute Gasteiger partial charge is 0.496 e. The molecule has 2 rings (SSSR count). The zero-order valence-corrected chi connectivity index (χ0v) is 11.6. The second kappa shape index (κ2) is 6.21. The van der Waals surface area contributed by atoms with Gasteiger partial charge in [0.1, 0.15) is 17.7 Å². The normalized spacial score (nSPS) is 11.8. The van der Waals surface area contributed by atoms with Crippen molar-refractivity contribution >= 4 is 5.69 Å². The predicted octanol–water partition coefficient (Wildman–Crippen LogP) is 3.88. The van der Waals surface area contributed by atoms with Crippen LogP contribution in [-0.2, 0) is 0 Å². The fourth-order valence-electron chi connectivity index (χ4n) is 1.86. The lowest BCUT2D eigenvalue weighted by atomic mass is 10.1. The Kier molecular flexibility index (Phi) is 4.37. The molecule has 21 heavy (non-hydrogen) atoms. The summed E-state index contributed by atoms with van der Waals surface area (Å²) in [5, 5.41) is 11.1. The van der Waals surface area contributed by atoms with Gasteiger partial charge in [0.2, 0.25) is 0 Å². The van der Waals surface area contributed by atoms with E-state index in [2.05, 4.69) is 0 Å². The zero-order valence-electron chi connectivity index (χ0n) is 11.6. The number of benzene rings is 2. The minimum atomic E-state index is -0.533. The van der Waals surface area contributed by atoms with Crippen LogP contribution >= 0.6 is 0 Å². The summed E-state index contributed by atoms with van der Waals surface area (Å²) in [5.41, 5.74) is 0.546. The summed E-state index contributed by atoms with van der Waals surface area (Å²) in [7, 11) is 1.43. The lowest BCUT2D eigenvalue weighted by molar-refractivity contribution is -0.386. The van der Waals surface area contributed by atoms with Crippen molar-refractivity contribution < 1.29 is 18.8 Å². The number of methoxy groups -OCH3 is 1.